The van der Waals surface area contributed by atoms with Crippen molar-refractivity contribution in [3.05, 3.63) is 23.7 Å². The van der Waals surface area contributed by atoms with E-state index in [1.165, 1.54) is 0 Å². The van der Waals surface area contributed by atoms with Crippen molar-refractivity contribution in [3.8, 4) is 10.6 Å². The number of fused-ring (bicyclic) bond motifs is 1. The predicted octanol–water partition coefficient (Wildman–Crippen LogP) is 5.20. The monoisotopic (exact) mass is 498 g/mol. The van der Waals surface area contributed by atoms with Gasteiger partial charge in [-0.3, -0.25) is 4.98 Å². The molecule has 1 fully saturated rings. The molecule has 9 heteroatoms. The summed E-state index contributed by atoms with van der Waals surface area (Å²) < 4.78 is 6.72. The lowest BCUT2D eigenvalue weighted by atomic mass is 9.86. The highest BCUT2D eigenvalue weighted by Gasteiger charge is 2.25. The second-order valence-corrected chi connectivity index (χ2v) is 11.1. The van der Waals surface area contributed by atoms with E-state index in [0.717, 1.165) is 83.4 Å². The number of rotatable bonds is 10. The van der Waals surface area contributed by atoms with Gasteiger partial charge in [0.05, 0.1) is 33.9 Å². The van der Waals surface area contributed by atoms with Crippen LogP contribution in [0.3, 0.4) is 0 Å². The molecule has 0 aliphatic carbocycles. The van der Waals surface area contributed by atoms with Crippen LogP contribution in [0.2, 0.25) is 0 Å². The molecule has 2 unspecified atom stereocenters. The number of aromatic nitrogens is 4. The van der Waals surface area contributed by atoms with E-state index < -0.39 is 5.60 Å². The highest BCUT2D eigenvalue weighted by atomic mass is 32.1. The SMILES string of the molecule is CCC(CCNc1nc(NCC2CCCOC2)nc(C)c1-c1nc2c(C)nccc2s1)C(C)(C)O. The van der Waals surface area contributed by atoms with E-state index >= 15 is 0 Å². The number of nitrogens with zero attached hydrogens (tertiary/aromatic N) is 4. The van der Waals surface area contributed by atoms with E-state index in [1.807, 2.05) is 40.0 Å². The lowest BCUT2D eigenvalue weighted by Gasteiger charge is -2.28. The van der Waals surface area contributed by atoms with Gasteiger partial charge in [0.2, 0.25) is 5.95 Å². The van der Waals surface area contributed by atoms with Crippen LogP contribution in [0.5, 0.6) is 0 Å². The molecule has 0 saturated carbocycles. The molecule has 4 rings (SSSR count). The third kappa shape index (κ3) is 6.26. The number of aryl methyl sites for hydroxylation is 2. The second-order valence-electron chi connectivity index (χ2n) is 10.1. The van der Waals surface area contributed by atoms with E-state index in [2.05, 4.69) is 22.5 Å². The minimum Gasteiger partial charge on any atom is -0.390 e. The smallest absolute Gasteiger partial charge is 0.224 e. The average molecular weight is 499 g/mol. The summed E-state index contributed by atoms with van der Waals surface area (Å²) in [6.07, 6.45) is 5.84. The number of ether oxygens (including phenoxy) is 1. The van der Waals surface area contributed by atoms with Crippen LogP contribution in [0.4, 0.5) is 11.8 Å². The molecule has 1 saturated heterocycles. The zero-order chi connectivity index (χ0) is 25.0. The third-order valence-corrected chi connectivity index (χ3v) is 7.91. The molecule has 4 heterocycles. The van der Waals surface area contributed by atoms with E-state index in [1.54, 1.807) is 11.3 Å². The third-order valence-electron chi connectivity index (χ3n) is 6.87. The highest BCUT2D eigenvalue weighted by molar-refractivity contribution is 7.21. The molecule has 2 atom stereocenters. The fourth-order valence-electron chi connectivity index (χ4n) is 4.75. The summed E-state index contributed by atoms with van der Waals surface area (Å²) in [5, 5.41) is 18.4. The lowest BCUT2D eigenvalue weighted by Crippen LogP contribution is -2.31. The van der Waals surface area contributed by atoms with Crippen LogP contribution in [0, 0.1) is 25.7 Å². The van der Waals surface area contributed by atoms with E-state index in [4.69, 9.17) is 19.7 Å². The zero-order valence-corrected chi connectivity index (χ0v) is 22.3. The van der Waals surface area contributed by atoms with Crippen molar-refractivity contribution in [2.24, 2.45) is 11.8 Å². The molecule has 0 amide bonds. The quantitative estimate of drug-likeness (QED) is 0.350. The molecule has 1 aliphatic heterocycles. The topological polar surface area (TPSA) is 105 Å². The van der Waals surface area contributed by atoms with Crippen LogP contribution in [-0.2, 0) is 4.74 Å². The Balaban J connectivity index is 1.62. The maximum atomic E-state index is 10.5. The first kappa shape index (κ1) is 25.7. The van der Waals surface area contributed by atoms with Crippen LogP contribution >= 0.6 is 11.3 Å². The predicted molar refractivity (Wildman–Crippen MR) is 143 cm³/mol. The Hall–Kier alpha value is -2.36. The molecule has 3 N–H and O–H groups in total. The summed E-state index contributed by atoms with van der Waals surface area (Å²) in [6.45, 7) is 13.0. The van der Waals surface area contributed by atoms with Crippen molar-refractivity contribution < 1.29 is 9.84 Å². The lowest BCUT2D eigenvalue weighted by molar-refractivity contribution is 0.0130. The van der Waals surface area contributed by atoms with E-state index in [0.29, 0.717) is 18.4 Å². The van der Waals surface area contributed by atoms with E-state index in [9.17, 15) is 5.11 Å². The Bertz CT molecular complexity index is 1140. The molecular weight excluding hydrogens is 460 g/mol. The highest BCUT2D eigenvalue weighted by Crippen LogP contribution is 2.37. The van der Waals surface area contributed by atoms with E-state index in [-0.39, 0.29) is 5.92 Å². The van der Waals surface area contributed by atoms with Gasteiger partial charge >= 0.3 is 0 Å². The summed E-state index contributed by atoms with van der Waals surface area (Å²) in [7, 11) is 0. The molecule has 3 aromatic rings. The van der Waals surface area contributed by atoms with Crippen LogP contribution in [0.1, 0.15) is 57.8 Å². The summed E-state index contributed by atoms with van der Waals surface area (Å²) in [5.74, 6) is 2.06. The molecule has 3 aromatic heterocycles. The molecule has 190 valence electrons. The Morgan fingerprint density at radius 1 is 1.20 bits per heavy atom. The average Bonchev–Trinajstić information content (AvgIpc) is 3.25. The Morgan fingerprint density at radius 3 is 2.71 bits per heavy atom. The van der Waals surface area contributed by atoms with Crippen molar-refractivity contribution in [3.63, 3.8) is 0 Å². The number of hydrogen-bond acceptors (Lipinski definition) is 9. The Kier molecular flexibility index (Phi) is 8.19. The van der Waals surface area contributed by atoms with Gasteiger partial charge in [0.15, 0.2) is 0 Å². The first-order valence-electron chi connectivity index (χ1n) is 12.6. The van der Waals surface area contributed by atoms with Gasteiger partial charge in [0, 0.05) is 25.9 Å². The largest absolute Gasteiger partial charge is 0.390 e. The van der Waals surface area contributed by atoms with Crippen molar-refractivity contribution in [1.82, 2.24) is 19.9 Å². The number of pyridine rings is 1. The molecule has 0 aromatic carbocycles. The van der Waals surface area contributed by atoms with Gasteiger partial charge in [-0.25, -0.2) is 9.97 Å². The van der Waals surface area contributed by atoms with Gasteiger partial charge in [-0.05, 0) is 64.9 Å². The van der Waals surface area contributed by atoms with Crippen LogP contribution in [0.25, 0.3) is 20.8 Å². The fraction of sp³-hybridized carbons (Fsp3) is 0.615. The Morgan fingerprint density at radius 2 is 2.03 bits per heavy atom. The van der Waals surface area contributed by atoms with Crippen molar-refractivity contribution in [2.75, 3.05) is 36.9 Å². The van der Waals surface area contributed by atoms with Crippen molar-refractivity contribution in [1.29, 1.82) is 0 Å². The second kappa shape index (κ2) is 11.1. The zero-order valence-electron chi connectivity index (χ0n) is 21.5. The first-order valence-corrected chi connectivity index (χ1v) is 13.5. The molecular formula is C26H38N6O2S. The van der Waals surface area contributed by atoms with Gasteiger partial charge in [0.1, 0.15) is 16.3 Å². The maximum Gasteiger partial charge on any atom is 0.224 e. The van der Waals surface area contributed by atoms with Gasteiger partial charge in [-0.1, -0.05) is 13.3 Å². The van der Waals surface area contributed by atoms with Gasteiger partial charge in [-0.2, -0.15) is 4.98 Å². The van der Waals surface area contributed by atoms with Crippen molar-refractivity contribution >= 4 is 33.3 Å². The normalized spacial score (nSPS) is 17.5. The van der Waals surface area contributed by atoms with Gasteiger partial charge < -0.3 is 20.5 Å². The summed E-state index contributed by atoms with van der Waals surface area (Å²) in [4.78, 5) is 19.0. The standard InChI is InChI=1S/C26H38N6O2S/c1-6-19(26(4,5)33)9-11-28-23-21(24-31-22-17(3)27-12-10-20(22)35-24)16(2)30-25(32-23)29-14-18-8-7-13-34-15-18/h10,12,18-19,33H,6-9,11,13-15H2,1-5H3,(H2,28,29,30,32). The number of hydrogen-bond donors (Lipinski definition) is 3. The summed E-state index contributed by atoms with van der Waals surface area (Å²) >= 11 is 1.64. The Labute approximate surface area is 212 Å². The molecule has 35 heavy (non-hydrogen) atoms. The minimum atomic E-state index is -0.715. The minimum absolute atomic E-state index is 0.196. The summed E-state index contributed by atoms with van der Waals surface area (Å²) in [5.41, 5.74) is 2.93. The molecule has 1 aliphatic rings. The number of anilines is 2. The molecule has 8 nitrogen and oxygen atoms in total. The van der Waals surface area contributed by atoms with Gasteiger partial charge in [0.25, 0.3) is 0 Å². The molecule has 0 spiro atoms. The van der Waals surface area contributed by atoms with Crippen LogP contribution in [-0.4, -0.2) is 56.9 Å². The van der Waals surface area contributed by atoms with Crippen LogP contribution in [0.15, 0.2) is 12.3 Å². The fourth-order valence-corrected chi connectivity index (χ4v) is 5.86. The number of thiazole rings is 1. The molecule has 0 bridgehead atoms. The van der Waals surface area contributed by atoms with Gasteiger partial charge in [-0.15, -0.1) is 11.3 Å². The maximum absolute atomic E-state index is 10.5. The van der Waals surface area contributed by atoms with Crippen molar-refractivity contribution in [2.45, 2.75) is 65.9 Å². The summed E-state index contributed by atoms with van der Waals surface area (Å²) in [6, 6.07) is 2.00. The number of aliphatic hydroxyl groups is 1. The first-order chi connectivity index (χ1) is 16.8. The van der Waals surface area contributed by atoms with Crippen LogP contribution < -0.4 is 10.6 Å². The molecule has 0 radical (unpaired) electrons. The number of nitrogens with one attached hydrogen (secondary N) is 2.